The lowest BCUT2D eigenvalue weighted by molar-refractivity contribution is -0.870. The lowest BCUT2D eigenvalue weighted by Gasteiger charge is -2.29. The number of hydrogen-bond donors (Lipinski definition) is 2. The molecule has 0 saturated heterocycles. The van der Waals surface area contributed by atoms with E-state index in [0.29, 0.717) is 17.4 Å². The van der Waals surface area contributed by atoms with Gasteiger partial charge in [0.1, 0.15) is 13.2 Å². The largest absolute Gasteiger partial charge is 0.756 e. The first-order valence-electron chi connectivity index (χ1n) is 22.7. The lowest BCUT2D eigenvalue weighted by atomic mass is 10.0. The van der Waals surface area contributed by atoms with Crippen molar-refractivity contribution < 1.29 is 32.9 Å². The molecule has 1 unspecified atom stereocenters. The molecule has 320 valence electrons. The van der Waals surface area contributed by atoms with Crippen molar-refractivity contribution in [2.45, 2.75) is 219 Å². The summed E-state index contributed by atoms with van der Waals surface area (Å²) in [4.78, 5) is 25.3. The molecule has 0 radical (unpaired) electrons. The molecule has 0 saturated carbocycles. The molecule has 0 bridgehead atoms. The Kier molecular flexibility index (Phi) is 36.8. The number of amides is 1. The summed E-state index contributed by atoms with van der Waals surface area (Å²) in [5, 5.41) is 13.8. The van der Waals surface area contributed by atoms with Crippen molar-refractivity contribution in [2.75, 3.05) is 40.9 Å². The van der Waals surface area contributed by atoms with Crippen molar-refractivity contribution in [3.05, 3.63) is 24.3 Å². The molecule has 54 heavy (non-hydrogen) atoms. The van der Waals surface area contributed by atoms with E-state index >= 15 is 0 Å². The number of aliphatic hydroxyl groups excluding tert-OH is 1. The monoisotopic (exact) mass is 785 g/mol. The van der Waals surface area contributed by atoms with Crippen LogP contribution in [0.5, 0.6) is 0 Å². The van der Waals surface area contributed by atoms with Crippen molar-refractivity contribution in [1.29, 1.82) is 0 Å². The van der Waals surface area contributed by atoms with Crippen LogP contribution in [0.15, 0.2) is 24.3 Å². The van der Waals surface area contributed by atoms with Crippen molar-refractivity contribution in [1.82, 2.24) is 5.32 Å². The Balaban J connectivity index is 4.45. The molecular formula is C45H89N2O6P. The molecule has 1 amide bonds. The van der Waals surface area contributed by atoms with Gasteiger partial charge in [-0.2, -0.15) is 0 Å². The third kappa shape index (κ3) is 39.2. The molecule has 0 heterocycles. The summed E-state index contributed by atoms with van der Waals surface area (Å²) in [6.07, 6.45) is 43.6. The molecule has 9 heteroatoms. The van der Waals surface area contributed by atoms with E-state index < -0.39 is 20.0 Å². The Bertz CT molecular complexity index is 938. The van der Waals surface area contributed by atoms with E-state index in [2.05, 4.69) is 31.3 Å². The maximum atomic E-state index is 12.8. The van der Waals surface area contributed by atoms with Gasteiger partial charge in [0.2, 0.25) is 5.91 Å². The number of carbonyl (C=O) groups is 1. The highest BCUT2D eigenvalue weighted by molar-refractivity contribution is 7.45. The van der Waals surface area contributed by atoms with Crippen molar-refractivity contribution in [2.24, 2.45) is 0 Å². The number of quaternary nitrogens is 1. The van der Waals surface area contributed by atoms with Gasteiger partial charge in [0.05, 0.1) is 39.9 Å². The minimum Gasteiger partial charge on any atom is -0.756 e. The number of aliphatic hydroxyl groups is 1. The first-order chi connectivity index (χ1) is 26.0. The van der Waals surface area contributed by atoms with E-state index in [1.165, 1.54) is 148 Å². The molecule has 8 nitrogen and oxygen atoms in total. The average molecular weight is 785 g/mol. The number of phosphoric ester groups is 1. The van der Waals surface area contributed by atoms with Gasteiger partial charge in [0.15, 0.2) is 0 Å². The first kappa shape index (κ1) is 53.0. The van der Waals surface area contributed by atoms with E-state index in [1.807, 2.05) is 27.2 Å². The third-order valence-corrected chi connectivity index (χ3v) is 11.1. The number of nitrogens with one attached hydrogen (secondary N) is 1. The van der Waals surface area contributed by atoms with Crippen molar-refractivity contribution >= 4 is 13.7 Å². The summed E-state index contributed by atoms with van der Waals surface area (Å²) in [5.41, 5.74) is 0. The van der Waals surface area contributed by atoms with Gasteiger partial charge in [-0.1, -0.05) is 192 Å². The van der Waals surface area contributed by atoms with Crippen LogP contribution in [0.3, 0.4) is 0 Å². The highest BCUT2D eigenvalue weighted by Crippen LogP contribution is 2.38. The average Bonchev–Trinajstić information content (AvgIpc) is 3.12. The normalized spacial score (nSPS) is 14.6. The minimum absolute atomic E-state index is 0.00424. The molecule has 3 atom stereocenters. The molecule has 0 aliphatic carbocycles. The van der Waals surface area contributed by atoms with Crippen LogP contribution in [0.2, 0.25) is 0 Å². The van der Waals surface area contributed by atoms with Crippen LogP contribution in [0.1, 0.15) is 206 Å². The second-order valence-corrected chi connectivity index (χ2v) is 18.2. The summed E-state index contributed by atoms with van der Waals surface area (Å²) in [5.74, 6) is -0.206. The van der Waals surface area contributed by atoms with E-state index in [1.54, 1.807) is 6.08 Å². The van der Waals surface area contributed by atoms with Crippen molar-refractivity contribution in [3.63, 3.8) is 0 Å². The number of rotatable bonds is 41. The van der Waals surface area contributed by atoms with E-state index in [4.69, 9.17) is 9.05 Å². The second-order valence-electron chi connectivity index (χ2n) is 16.8. The summed E-state index contributed by atoms with van der Waals surface area (Å²) in [6.45, 7) is 4.63. The Morgan fingerprint density at radius 3 is 1.50 bits per heavy atom. The predicted molar refractivity (Wildman–Crippen MR) is 228 cm³/mol. The Morgan fingerprint density at radius 2 is 1.04 bits per heavy atom. The molecule has 0 aliphatic rings. The maximum Gasteiger partial charge on any atom is 0.268 e. The molecule has 0 aromatic heterocycles. The molecular weight excluding hydrogens is 695 g/mol. The van der Waals surface area contributed by atoms with Gasteiger partial charge in [-0.15, -0.1) is 0 Å². The number of hydrogen-bond acceptors (Lipinski definition) is 6. The third-order valence-electron chi connectivity index (χ3n) is 10.2. The zero-order chi connectivity index (χ0) is 40.0. The van der Waals surface area contributed by atoms with Crippen LogP contribution in [0.25, 0.3) is 0 Å². The molecule has 0 rings (SSSR count). The van der Waals surface area contributed by atoms with Gasteiger partial charge in [-0.3, -0.25) is 9.36 Å². The van der Waals surface area contributed by atoms with Gasteiger partial charge in [-0.25, -0.2) is 0 Å². The highest BCUT2D eigenvalue weighted by Gasteiger charge is 2.23. The fourth-order valence-corrected chi connectivity index (χ4v) is 7.24. The van der Waals surface area contributed by atoms with Gasteiger partial charge in [-0.05, 0) is 32.1 Å². The molecule has 0 aromatic rings. The topological polar surface area (TPSA) is 108 Å². The lowest BCUT2D eigenvalue weighted by Crippen LogP contribution is -2.45. The summed E-state index contributed by atoms with van der Waals surface area (Å²) in [6, 6.07) is -0.897. The number of phosphoric acid groups is 1. The zero-order valence-corrected chi connectivity index (χ0v) is 37.1. The molecule has 0 aromatic carbocycles. The standard InChI is InChI=1S/C45H89N2O6P/c1-6-8-10-12-14-16-18-20-22-23-25-26-28-30-32-34-36-38-44(48)43(42-53-54(50,51)52-41-40-47(3,4)5)46-45(49)39-37-35-33-31-29-27-24-21-19-17-15-13-11-9-7-2/h28,30,36,38,43-44,48H,6-27,29,31-35,37,39-42H2,1-5H3,(H-,46,49,50,51)/b30-28+,38-36+/t43-,44+/m0/s1. The maximum absolute atomic E-state index is 12.8. The van der Waals surface area contributed by atoms with Gasteiger partial charge in [0.25, 0.3) is 7.82 Å². The van der Waals surface area contributed by atoms with Gasteiger partial charge in [0, 0.05) is 6.42 Å². The molecule has 0 spiro atoms. The predicted octanol–water partition coefficient (Wildman–Crippen LogP) is 11.9. The quantitative estimate of drug-likeness (QED) is 0.0277. The Hall–Kier alpha value is -1.02. The molecule has 0 aliphatic heterocycles. The smallest absolute Gasteiger partial charge is 0.268 e. The minimum atomic E-state index is -4.59. The van der Waals surface area contributed by atoms with E-state index in [9.17, 15) is 19.4 Å². The Labute approximate surface area is 334 Å². The Morgan fingerprint density at radius 1 is 0.630 bits per heavy atom. The number of likely N-dealkylation sites (N-methyl/N-ethyl adjacent to an activating group) is 1. The molecule has 0 fully saturated rings. The summed E-state index contributed by atoms with van der Waals surface area (Å²) < 4.78 is 23.2. The fraction of sp³-hybridized carbons (Fsp3) is 0.889. The number of allylic oxidation sites excluding steroid dienone is 3. The van der Waals surface area contributed by atoms with Crippen LogP contribution in [-0.2, 0) is 18.4 Å². The summed E-state index contributed by atoms with van der Waals surface area (Å²) >= 11 is 0. The van der Waals surface area contributed by atoms with Gasteiger partial charge >= 0.3 is 0 Å². The number of unbranched alkanes of at least 4 members (excludes halogenated alkanes) is 26. The van der Waals surface area contributed by atoms with E-state index in [0.717, 1.165) is 38.5 Å². The number of nitrogens with zero attached hydrogens (tertiary/aromatic N) is 1. The zero-order valence-electron chi connectivity index (χ0n) is 36.2. The van der Waals surface area contributed by atoms with Crippen LogP contribution < -0.4 is 10.2 Å². The molecule has 2 N–H and O–H groups in total. The SMILES string of the molecule is CCCCCCCCCCCCC/C=C/CC/C=C/[C@@H](O)[C@H](COP(=O)([O-])OCC[N+](C)(C)C)NC(=O)CCCCCCCCCCCCCCCCC. The van der Waals surface area contributed by atoms with Crippen LogP contribution in [-0.4, -0.2) is 68.5 Å². The van der Waals surface area contributed by atoms with E-state index in [-0.39, 0.29) is 19.1 Å². The first-order valence-corrected chi connectivity index (χ1v) is 24.2. The fourth-order valence-electron chi connectivity index (χ4n) is 6.52. The van der Waals surface area contributed by atoms with Crippen LogP contribution in [0, 0.1) is 0 Å². The van der Waals surface area contributed by atoms with Gasteiger partial charge < -0.3 is 28.8 Å². The summed E-state index contributed by atoms with van der Waals surface area (Å²) in [7, 11) is 1.25. The van der Waals surface area contributed by atoms with Crippen LogP contribution >= 0.6 is 7.82 Å². The van der Waals surface area contributed by atoms with Crippen molar-refractivity contribution in [3.8, 4) is 0 Å². The van der Waals surface area contributed by atoms with Crippen LogP contribution in [0.4, 0.5) is 0 Å². The second kappa shape index (κ2) is 37.6. The number of carbonyl (C=O) groups excluding carboxylic acids is 1. The highest BCUT2D eigenvalue weighted by atomic mass is 31.2.